The average Bonchev–Trinajstić information content (AvgIpc) is 2.63. The highest BCUT2D eigenvalue weighted by Crippen LogP contribution is 2.11. The normalized spacial score (nSPS) is 10.6. The van der Waals surface area contributed by atoms with Gasteiger partial charge in [0.1, 0.15) is 6.54 Å². The van der Waals surface area contributed by atoms with Gasteiger partial charge in [-0.25, -0.2) is 0 Å². The average molecular weight is 362 g/mol. The molecule has 0 bridgehead atoms. The Labute approximate surface area is 158 Å². The summed E-state index contributed by atoms with van der Waals surface area (Å²) in [5.41, 5.74) is 1.54. The maximum Gasteiger partial charge on any atom is 0.325 e. The molecule has 0 atom stereocenters. The van der Waals surface area contributed by atoms with Gasteiger partial charge in [0.15, 0.2) is 0 Å². The summed E-state index contributed by atoms with van der Waals surface area (Å²) < 4.78 is 5.26. The molecule has 0 unspecified atom stereocenters. The zero-order chi connectivity index (χ0) is 19.2. The van der Waals surface area contributed by atoms with Crippen molar-refractivity contribution in [2.24, 2.45) is 0 Å². The van der Waals surface area contributed by atoms with E-state index in [1.807, 2.05) is 25.1 Å². The second-order valence-corrected chi connectivity index (χ2v) is 7.03. The fraction of sp³-hybridized carbons (Fsp3) is 0.636. The summed E-state index contributed by atoms with van der Waals surface area (Å²) in [6.45, 7) is 4.56. The number of nitrogens with zero attached hydrogens (tertiary/aromatic N) is 1. The molecule has 0 aliphatic carbocycles. The summed E-state index contributed by atoms with van der Waals surface area (Å²) in [4.78, 5) is 25.7. The lowest BCUT2D eigenvalue weighted by molar-refractivity contribution is -0.144. The highest BCUT2D eigenvalue weighted by atomic mass is 16.5. The summed E-state index contributed by atoms with van der Waals surface area (Å²) in [7, 11) is 1.63. The first kappa shape index (κ1) is 22.2. The lowest BCUT2D eigenvalue weighted by Crippen LogP contribution is -2.33. The Balaban J connectivity index is 2.11. The van der Waals surface area contributed by atoms with Gasteiger partial charge in [0.05, 0.1) is 6.61 Å². The molecule has 0 spiro atoms. The molecule has 4 nitrogen and oxygen atoms in total. The summed E-state index contributed by atoms with van der Waals surface area (Å²) >= 11 is 0. The van der Waals surface area contributed by atoms with Crippen molar-refractivity contribution in [2.75, 3.05) is 20.2 Å². The highest BCUT2D eigenvalue weighted by molar-refractivity contribution is 5.97. The molecule has 4 heteroatoms. The van der Waals surface area contributed by atoms with E-state index in [-0.39, 0.29) is 18.4 Å². The smallest absolute Gasteiger partial charge is 0.325 e. The number of hydrogen-bond acceptors (Lipinski definition) is 3. The first-order valence-corrected chi connectivity index (χ1v) is 10.0. The third-order valence-electron chi connectivity index (χ3n) is 4.60. The van der Waals surface area contributed by atoms with Gasteiger partial charge in [0.2, 0.25) is 0 Å². The Hall–Kier alpha value is -1.84. The largest absolute Gasteiger partial charge is 0.464 e. The molecule has 0 saturated carbocycles. The fourth-order valence-corrected chi connectivity index (χ4v) is 2.93. The van der Waals surface area contributed by atoms with E-state index < -0.39 is 0 Å². The first-order chi connectivity index (χ1) is 12.6. The van der Waals surface area contributed by atoms with Crippen molar-refractivity contribution in [1.29, 1.82) is 0 Å². The van der Waals surface area contributed by atoms with Crippen LogP contribution < -0.4 is 0 Å². The van der Waals surface area contributed by atoms with Crippen LogP contribution >= 0.6 is 0 Å². The molecule has 0 aliphatic rings. The Morgan fingerprint density at radius 2 is 1.50 bits per heavy atom. The fourth-order valence-electron chi connectivity index (χ4n) is 2.93. The number of carbonyl (C=O) groups excluding carboxylic acids is 2. The van der Waals surface area contributed by atoms with Crippen molar-refractivity contribution in [3.05, 3.63) is 35.4 Å². The molecule has 0 aromatic heterocycles. The second kappa shape index (κ2) is 13.4. The van der Waals surface area contributed by atoms with E-state index in [0.717, 1.165) is 18.4 Å². The van der Waals surface area contributed by atoms with Crippen molar-refractivity contribution < 1.29 is 14.3 Å². The number of hydrogen-bond donors (Lipinski definition) is 0. The third kappa shape index (κ3) is 9.02. The van der Waals surface area contributed by atoms with Crippen molar-refractivity contribution in [2.45, 2.75) is 71.6 Å². The second-order valence-electron chi connectivity index (χ2n) is 7.03. The van der Waals surface area contributed by atoms with Crippen LogP contribution in [0.15, 0.2) is 24.3 Å². The summed E-state index contributed by atoms with van der Waals surface area (Å²) in [5.74, 6) is -0.489. The lowest BCUT2D eigenvalue weighted by atomic mass is 10.1. The number of rotatable bonds is 13. The van der Waals surface area contributed by atoms with E-state index in [4.69, 9.17) is 4.74 Å². The number of carbonyl (C=O) groups is 2. The van der Waals surface area contributed by atoms with Crippen molar-refractivity contribution >= 4 is 11.9 Å². The van der Waals surface area contributed by atoms with Crippen molar-refractivity contribution in [3.63, 3.8) is 0 Å². The maximum absolute atomic E-state index is 12.4. The Kier molecular flexibility index (Phi) is 11.4. The van der Waals surface area contributed by atoms with Crippen LogP contribution in [0.25, 0.3) is 0 Å². The van der Waals surface area contributed by atoms with Gasteiger partial charge in [-0.3, -0.25) is 9.59 Å². The molecule has 0 saturated heterocycles. The lowest BCUT2D eigenvalue weighted by Gasteiger charge is -2.17. The van der Waals surface area contributed by atoms with Crippen LogP contribution in [0.4, 0.5) is 0 Å². The maximum atomic E-state index is 12.4. The molecule has 146 valence electrons. The molecule has 0 radical (unpaired) electrons. The topological polar surface area (TPSA) is 46.6 Å². The van der Waals surface area contributed by atoms with Crippen molar-refractivity contribution in [1.82, 2.24) is 4.90 Å². The molecule has 1 rings (SSSR count). The summed E-state index contributed by atoms with van der Waals surface area (Å²) in [6, 6.07) is 7.40. The number of likely N-dealkylation sites (N-methyl/N-ethyl adjacent to an activating group) is 1. The van der Waals surface area contributed by atoms with Gasteiger partial charge >= 0.3 is 5.97 Å². The quantitative estimate of drug-likeness (QED) is 0.361. The predicted molar refractivity (Wildman–Crippen MR) is 106 cm³/mol. The van der Waals surface area contributed by atoms with Gasteiger partial charge < -0.3 is 9.64 Å². The zero-order valence-corrected chi connectivity index (χ0v) is 16.8. The van der Waals surface area contributed by atoms with Gasteiger partial charge in [0.25, 0.3) is 5.91 Å². The van der Waals surface area contributed by atoms with Gasteiger partial charge in [-0.1, -0.05) is 76.5 Å². The van der Waals surface area contributed by atoms with Gasteiger partial charge in [-0.05, 0) is 25.0 Å². The third-order valence-corrected chi connectivity index (χ3v) is 4.60. The van der Waals surface area contributed by atoms with Crippen LogP contribution in [-0.4, -0.2) is 37.0 Å². The molecular formula is C22H35NO3. The minimum atomic E-state index is -0.339. The van der Waals surface area contributed by atoms with E-state index in [1.165, 1.54) is 49.8 Å². The molecule has 26 heavy (non-hydrogen) atoms. The molecule has 1 amide bonds. The molecule has 0 N–H and O–H groups in total. The molecule has 1 aromatic carbocycles. The SMILES string of the molecule is CCCCCCCCCCCOC(=O)CN(C)C(=O)c1ccccc1C. The number of benzene rings is 1. The van der Waals surface area contributed by atoms with Crippen molar-refractivity contribution in [3.8, 4) is 0 Å². The zero-order valence-electron chi connectivity index (χ0n) is 16.8. The van der Waals surface area contributed by atoms with E-state index >= 15 is 0 Å². The Bertz CT molecular complexity index is 542. The van der Waals surface area contributed by atoms with Crippen LogP contribution in [0.5, 0.6) is 0 Å². The predicted octanol–water partition coefficient (Wildman–Crippen LogP) is 5.14. The van der Waals surface area contributed by atoms with Crippen LogP contribution in [0.2, 0.25) is 0 Å². The number of unbranched alkanes of at least 4 members (excludes halogenated alkanes) is 8. The molecule has 0 heterocycles. The van der Waals surface area contributed by atoms with E-state index in [9.17, 15) is 9.59 Å². The standard InChI is InChI=1S/C22H35NO3/c1-4-5-6-7-8-9-10-11-14-17-26-21(24)18-23(3)22(25)20-16-13-12-15-19(20)2/h12-13,15-16H,4-11,14,17-18H2,1-3H3. The summed E-state index contributed by atoms with van der Waals surface area (Å²) in [6.07, 6.45) is 11.1. The number of amides is 1. The van der Waals surface area contributed by atoms with E-state index in [0.29, 0.717) is 12.2 Å². The number of esters is 1. The molecule has 0 fully saturated rings. The van der Waals surface area contributed by atoms with Gasteiger partial charge in [-0.2, -0.15) is 0 Å². The van der Waals surface area contributed by atoms with Crippen LogP contribution in [0.3, 0.4) is 0 Å². The van der Waals surface area contributed by atoms with Crippen LogP contribution in [0.1, 0.15) is 80.6 Å². The Morgan fingerprint density at radius 3 is 2.12 bits per heavy atom. The Morgan fingerprint density at radius 1 is 0.923 bits per heavy atom. The van der Waals surface area contributed by atoms with E-state index in [1.54, 1.807) is 13.1 Å². The number of aryl methyl sites for hydroxylation is 1. The van der Waals surface area contributed by atoms with Gasteiger partial charge in [-0.15, -0.1) is 0 Å². The minimum Gasteiger partial charge on any atom is -0.464 e. The first-order valence-electron chi connectivity index (χ1n) is 10.0. The highest BCUT2D eigenvalue weighted by Gasteiger charge is 2.16. The monoisotopic (exact) mass is 361 g/mol. The number of ether oxygens (including phenoxy) is 1. The van der Waals surface area contributed by atoms with Gasteiger partial charge in [0, 0.05) is 12.6 Å². The van der Waals surface area contributed by atoms with Crippen LogP contribution in [-0.2, 0) is 9.53 Å². The summed E-state index contributed by atoms with van der Waals surface area (Å²) in [5, 5.41) is 0. The molecule has 0 aliphatic heterocycles. The minimum absolute atomic E-state index is 0.00933. The van der Waals surface area contributed by atoms with E-state index in [2.05, 4.69) is 6.92 Å². The molecule has 1 aromatic rings. The van der Waals surface area contributed by atoms with Crippen LogP contribution in [0, 0.1) is 6.92 Å². The molecular weight excluding hydrogens is 326 g/mol.